The van der Waals surface area contributed by atoms with Gasteiger partial charge >= 0.3 is 0 Å². The molecule has 1 aliphatic rings. The van der Waals surface area contributed by atoms with Gasteiger partial charge in [-0.15, -0.1) is 0 Å². The van der Waals surface area contributed by atoms with Gasteiger partial charge < -0.3 is 0 Å². The largest absolute Gasteiger partial charge is 0.293 e. The Balaban J connectivity index is 1.35. The van der Waals surface area contributed by atoms with Crippen LogP contribution in [0.25, 0.3) is 16.9 Å². The summed E-state index contributed by atoms with van der Waals surface area (Å²) in [5, 5.41) is 0. The van der Waals surface area contributed by atoms with E-state index in [1.165, 1.54) is 5.56 Å². The van der Waals surface area contributed by atoms with Crippen LogP contribution in [0, 0.1) is 6.92 Å². The van der Waals surface area contributed by atoms with Crippen molar-refractivity contribution >= 4 is 21.2 Å². The van der Waals surface area contributed by atoms with Gasteiger partial charge in [0.15, 0.2) is 5.65 Å². The van der Waals surface area contributed by atoms with E-state index in [2.05, 4.69) is 46.5 Å². The van der Waals surface area contributed by atoms with E-state index in [0.29, 0.717) is 37.6 Å². The lowest BCUT2D eigenvalue weighted by Crippen LogP contribution is -2.48. The van der Waals surface area contributed by atoms with Gasteiger partial charge in [0.1, 0.15) is 11.3 Å². The third-order valence-corrected chi connectivity index (χ3v) is 8.32. The molecule has 0 radical (unpaired) electrons. The first-order valence-electron chi connectivity index (χ1n) is 11.7. The van der Waals surface area contributed by atoms with E-state index in [-0.39, 0.29) is 0 Å². The highest BCUT2D eigenvalue weighted by Crippen LogP contribution is 2.23. The van der Waals surface area contributed by atoms with Crippen molar-refractivity contribution in [3.8, 4) is 5.69 Å². The third kappa shape index (κ3) is 4.36. The van der Waals surface area contributed by atoms with Crippen LogP contribution in [0.1, 0.15) is 23.9 Å². The molecule has 7 nitrogen and oxygen atoms in total. The lowest BCUT2D eigenvalue weighted by Gasteiger charge is -2.33. The number of fused-ring (bicyclic) bond motifs is 1. The van der Waals surface area contributed by atoms with Gasteiger partial charge in [-0.1, -0.05) is 31.2 Å². The van der Waals surface area contributed by atoms with E-state index in [9.17, 15) is 8.42 Å². The van der Waals surface area contributed by atoms with Crippen molar-refractivity contribution in [1.82, 2.24) is 23.7 Å². The van der Waals surface area contributed by atoms with E-state index in [1.54, 1.807) is 22.6 Å². The van der Waals surface area contributed by atoms with Crippen molar-refractivity contribution in [2.75, 3.05) is 26.2 Å². The average molecular weight is 476 g/mol. The molecule has 2 aromatic carbocycles. The van der Waals surface area contributed by atoms with Crippen LogP contribution in [-0.2, 0) is 23.0 Å². The normalized spacial score (nSPS) is 15.7. The van der Waals surface area contributed by atoms with Gasteiger partial charge in [0, 0.05) is 38.1 Å². The second-order valence-electron chi connectivity index (χ2n) is 8.73. The number of benzene rings is 2. The minimum atomic E-state index is -3.48. The van der Waals surface area contributed by atoms with Crippen LogP contribution in [0.5, 0.6) is 0 Å². The maximum Gasteiger partial charge on any atom is 0.243 e. The van der Waals surface area contributed by atoms with Crippen LogP contribution in [0.15, 0.2) is 71.8 Å². The number of sulfonamides is 1. The zero-order chi connectivity index (χ0) is 23.7. The molecular formula is C26H29N5O2S. The molecule has 5 rings (SSSR count). The molecule has 0 atom stereocenters. The van der Waals surface area contributed by atoms with Crippen LogP contribution in [-0.4, -0.2) is 58.3 Å². The quantitative estimate of drug-likeness (QED) is 0.424. The fourth-order valence-corrected chi connectivity index (χ4v) is 5.90. The molecular weight excluding hydrogens is 446 g/mol. The summed E-state index contributed by atoms with van der Waals surface area (Å²) in [6, 6.07) is 19.4. The number of pyridine rings is 1. The molecule has 0 aliphatic carbocycles. The Bertz CT molecular complexity index is 1400. The predicted molar refractivity (Wildman–Crippen MR) is 133 cm³/mol. The van der Waals surface area contributed by atoms with Crippen LogP contribution in [0.2, 0.25) is 0 Å². The van der Waals surface area contributed by atoms with E-state index >= 15 is 0 Å². The van der Waals surface area contributed by atoms with Gasteiger partial charge in [-0.2, -0.15) is 4.31 Å². The monoisotopic (exact) mass is 475 g/mol. The van der Waals surface area contributed by atoms with Crippen molar-refractivity contribution in [1.29, 1.82) is 0 Å². The molecule has 0 saturated carbocycles. The fourth-order valence-electron chi connectivity index (χ4n) is 4.48. The second kappa shape index (κ2) is 9.29. The van der Waals surface area contributed by atoms with Crippen molar-refractivity contribution in [2.45, 2.75) is 31.7 Å². The van der Waals surface area contributed by atoms with Gasteiger partial charge in [0.05, 0.1) is 11.4 Å². The number of hydrogen-bond donors (Lipinski definition) is 0. The Kier molecular flexibility index (Phi) is 6.20. The van der Waals surface area contributed by atoms with Crippen LogP contribution < -0.4 is 0 Å². The van der Waals surface area contributed by atoms with Gasteiger partial charge in [-0.05, 0) is 60.9 Å². The van der Waals surface area contributed by atoms with Crippen LogP contribution in [0.3, 0.4) is 0 Å². The van der Waals surface area contributed by atoms with E-state index in [4.69, 9.17) is 4.98 Å². The summed E-state index contributed by atoms with van der Waals surface area (Å²) in [6.45, 7) is 6.98. The summed E-state index contributed by atoms with van der Waals surface area (Å²) in [5.74, 6) is 0.908. The number of aryl methyl sites for hydroxylation is 2. The topological polar surface area (TPSA) is 71.3 Å². The Morgan fingerprint density at radius 3 is 2.41 bits per heavy atom. The number of imidazole rings is 1. The van der Waals surface area contributed by atoms with E-state index in [0.717, 1.165) is 34.7 Å². The molecule has 0 N–H and O–H groups in total. The Hall–Kier alpha value is -3.07. The maximum atomic E-state index is 13.1. The predicted octanol–water partition coefficient (Wildman–Crippen LogP) is 3.80. The first-order valence-corrected chi connectivity index (χ1v) is 13.1. The molecule has 0 unspecified atom stereocenters. The minimum absolute atomic E-state index is 0.366. The van der Waals surface area contributed by atoms with Crippen molar-refractivity contribution in [3.05, 3.63) is 83.8 Å². The van der Waals surface area contributed by atoms with Gasteiger partial charge in [0.25, 0.3) is 0 Å². The zero-order valence-corrected chi connectivity index (χ0v) is 20.4. The van der Waals surface area contributed by atoms with E-state index in [1.807, 2.05) is 30.3 Å². The van der Waals surface area contributed by atoms with E-state index < -0.39 is 10.0 Å². The first kappa shape index (κ1) is 22.7. The molecule has 3 heterocycles. The van der Waals surface area contributed by atoms with Crippen LogP contribution in [0.4, 0.5) is 0 Å². The maximum absolute atomic E-state index is 13.1. The molecule has 1 aliphatic heterocycles. The third-order valence-electron chi connectivity index (χ3n) is 6.41. The number of piperazine rings is 1. The average Bonchev–Trinajstić information content (AvgIpc) is 3.22. The molecule has 1 saturated heterocycles. The number of nitrogens with zero attached hydrogens (tertiary/aromatic N) is 5. The standard InChI is InChI=1S/C26H29N5O2S/c1-3-21-9-11-23(12-10-21)34(32,33)30-16-14-29(15-17-30)19-25-28-24-8-5-13-27-26(24)31(25)22-7-4-6-20(2)18-22/h4-13,18H,3,14-17,19H2,1-2H3. The van der Waals surface area contributed by atoms with Crippen molar-refractivity contribution in [2.24, 2.45) is 0 Å². The molecule has 176 valence electrons. The molecule has 8 heteroatoms. The van der Waals surface area contributed by atoms with Gasteiger partial charge in [-0.3, -0.25) is 9.47 Å². The molecule has 0 spiro atoms. The second-order valence-corrected chi connectivity index (χ2v) is 10.7. The Morgan fingerprint density at radius 1 is 0.941 bits per heavy atom. The SMILES string of the molecule is CCc1ccc(S(=O)(=O)N2CCN(Cc3nc4cccnc4n3-c3cccc(C)c3)CC2)cc1. The first-order chi connectivity index (χ1) is 16.5. The Labute approximate surface area is 200 Å². The number of aromatic nitrogens is 3. The summed E-state index contributed by atoms with van der Waals surface area (Å²) >= 11 is 0. The smallest absolute Gasteiger partial charge is 0.243 e. The van der Waals surface area contributed by atoms with Crippen molar-refractivity contribution < 1.29 is 8.42 Å². The molecule has 0 bridgehead atoms. The van der Waals surface area contributed by atoms with Gasteiger partial charge in [0.2, 0.25) is 10.0 Å². The molecule has 34 heavy (non-hydrogen) atoms. The zero-order valence-electron chi connectivity index (χ0n) is 19.6. The molecule has 0 amide bonds. The highest BCUT2D eigenvalue weighted by atomic mass is 32.2. The summed E-state index contributed by atoms with van der Waals surface area (Å²) in [4.78, 5) is 12.1. The minimum Gasteiger partial charge on any atom is -0.293 e. The molecule has 4 aromatic rings. The number of rotatable bonds is 6. The summed E-state index contributed by atoms with van der Waals surface area (Å²) in [6.07, 6.45) is 2.68. The lowest BCUT2D eigenvalue weighted by molar-refractivity contribution is 0.177. The van der Waals surface area contributed by atoms with Crippen molar-refractivity contribution in [3.63, 3.8) is 0 Å². The summed E-state index contributed by atoms with van der Waals surface area (Å²) < 4.78 is 30.0. The molecule has 1 fully saturated rings. The Morgan fingerprint density at radius 2 is 1.71 bits per heavy atom. The fraction of sp³-hybridized carbons (Fsp3) is 0.308. The van der Waals surface area contributed by atoms with Gasteiger partial charge in [-0.25, -0.2) is 18.4 Å². The highest BCUT2D eigenvalue weighted by Gasteiger charge is 2.29. The highest BCUT2D eigenvalue weighted by molar-refractivity contribution is 7.89. The number of hydrogen-bond acceptors (Lipinski definition) is 5. The summed E-state index contributed by atoms with van der Waals surface area (Å²) in [7, 11) is -3.48. The lowest BCUT2D eigenvalue weighted by atomic mass is 10.2. The van der Waals surface area contributed by atoms with Crippen LogP contribution >= 0.6 is 0 Å². The summed E-state index contributed by atoms with van der Waals surface area (Å²) in [5.41, 5.74) is 5.03. The molecule has 2 aromatic heterocycles.